The number of urea groups is 1. The number of carbonyl (C=O) groups excluding carboxylic acids is 2. The van der Waals surface area contributed by atoms with E-state index in [4.69, 9.17) is 9.47 Å². The van der Waals surface area contributed by atoms with Gasteiger partial charge in [-0.15, -0.1) is 11.3 Å². The summed E-state index contributed by atoms with van der Waals surface area (Å²) in [5, 5.41) is 2.96. The summed E-state index contributed by atoms with van der Waals surface area (Å²) in [6, 6.07) is 17.4. The molecule has 0 saturated carbocycles. The van der Waals surface area contributed by atoms with Crippen LogP contribution < -0.4 is 14.8 Å². The van der Waals surface area contributed by atoms with Crippen LogP contribution in [0.15, 0.2) is 54.6 Å². The minimum absolute atomic E-state index is 0.0218. The quantitative estimate of drug-likeness (QED) is 0.278. The van der Waals surface area contributed by atoms with Crippen molar-refractivity contribution in [2.75, 3.05) is 39.2 Å². The van der Waals surface area contributed by atoms with Crippen LogP contribution in [-0.2, 0) is 17.8 Å². The number of hydrogen-bond donors (Lipinski definition) is 1. The van der Waals surface area contributed by atoms with Gasteiger partial charge in [0, 0.05) is 28.5 Å². The van der Waals surface area contributed by atoms with Gasteiger partial charge in [0.25, 0.3) is 0 Å². The van der Waals surface area contributed by atoms with Crippen LogP contribution in [0.2, 0.25) is 0 Å². The van der Waals surface area contributed by atoms with Crippen molar-refractivity contribution in [2.24, 2.45) is 0 Å². The molecule has 1 aromatic heterocycles. The molecule has 3 aromatic rings. The van der Waals surface area contributed by atoms with Gasteiger partial charge in [-0.2, -0.15) is 0 Å². The Balaban J connectivity index is 1.75. The summed E-state index contributed by atoms with van der Waals surface area (Å²) in [6.07, 6.45) is 2.41. The summed E-state index contributed by atoms with van der Waals surface area (Å²) in [6.45, 7) is 7.68. The largest absolute Gasteiger partial charge is 0.493 e. The van der Waals surface area contributed by atoms with Crippen molar-refractivity contribution in [3.05, 3.63) is 75.5 Å². The molecule has 0 radical (unpaired) electrons. The number of methoxy groups -OCH3 is 2. The highest BCUT2D eigenvalue weighted by Crippen LogP contribution is 2.28. The molecule has 204 valence electrons. The SMILES string of the molecule is CCCCN(CC(=O)N(CCc1ccc(OC)c(OC)c1)Cc1ccc(C)s1)C(=O)Nc1cccc(C)c1. The molecule has 0 aliphatic rings. The smallest absolute Gasteiger partial charge is 0.322 e. The molecule has 0 unspecified atom stereocenters. The van der Waals surface area contributed by atoms with Gasteiger partial charge in [-0.1, -0.05) is 31.5 Å². The lowest BCUT2D eigenvalue weighted by molar-refractivity contribution is -0.132. The number of amides is 3. The summed E-state index contributed by atoms with van der Waals surface area (Å²) in [7, 11) is 3.23. The van der Waals surface area contributed by atoms with E-state index in [0.29, 0.717) is 37.6 Å². The standard InChI is InChI=1S/C30H39N3O4S/c1-6-7-16-33(30(35)31-25-10-8-9-22(2)18-25)21-29(34)32(20-26-13-11-23(3)38-26)17-15-24-12-14-27(36-4)28(19-24)37-5/h8-14,18-19H,6-7,15-17,20-21H2,1-5H3,(H,31,35). The highest BCUT2D eigenvalue weighted by atomic mass is 32.1. The van der Waals surface area contributed by atoms with Crippen molar-refractivity contribution in [3.63, 3.8) is 0 Å². The van der Waals surface area contributed by atoms with E-state index in [0.717, 1.165) is 34.5 Å². The van der Waals surface area contributed by atoms with Crippen LogP contribution in [0.4, 0.5) is 10.5 Å². The summed E-state index contributed by atoms with van der Waals surface area (Å²) in [5.74, 6) is 1.26. The maximum atomic E-state index is 13.6. The molecule has 3 amide bonds. The third-order valence-electron chi connectivity index (χ3n) is 6.28. The fourth-order valence-corrected chi connectivity index (χ4v) is 5.05. The van der Waals surface area contributed by atoms with Crippen LogP contribution in [0.1, 0.15) is 40.6 Å². The van der Waals surface area contributed by atoms with Crippen molar-refractivity contribution in [2.45, 2.75) is 46.6 Å². The lowest BCUT2D eigenvalue weighted by Gasteiger charge is -2.28. The highest BCUT2D eigenvalue weighted by Gasteiger charge is 2.22. The average Bonchev–Trinajstić information content (AvgIpc) is 3.32. The van der Waals surface area contributed by atoms with Crippen molar-refractivity contribution < 1.29 is 19.1 Å². The number of thiophene rings is 1. The molecular formula is C30H39N3O4S. The van der Waals surface area contributed by atoms with Gasteiger partial charge < -0.3 is 24.6 Å². The van der Waals surface area contributed by atoms with Crippen LogP contribution >= 0.6 is 11.3 Å². The fourth-order valence-electron chi connectivity index (χ4n) is 4.14. The van der Waals surface area contributed by atoms with E-state index in [1.54, 1.807) is 30.5 Å². The number of hydrogen-bond acceptors (Lipinski definition) is 5. The second kappa shape index (κ2) is 14.4. The van der Waals surface area contributed by atoms with Gasteiger partial charge in [-0.05, 0) is 74.2 Å². The highest BCUT2D eigenvalue weighted by molar-refractivity contribution is 7.11. The maximum absolute atomic E-state index is 13.6. The first-order chi connectivity index (χ1) is 18.3. The number of rotatable bonds is 13. The first-order valence-corrected chi connectivity index (χ1v) is 13.8. The maximum Gasteiger partial charge on any atom is 0.322 e. The van der Waals surface area contributed by atoms with Crippen molar-refractivity contribution in [1.29, 1.82) is 0 Å². The Hall–Kier alpha value is -3.52. The molecule has 1 N–H and O–H groups in total. The monoisotopic (exact) mass is 537 g/mol. The van der Waals surface area contributed by atoms with Crippen LogP contribution in [0.3, 0.4) is 0 Å². The molecule has 0 bridgehead atoms. The number of nitrogens with zero attached hydrogens (tertiary/aromatic N) is 2. The average molecular weight is 538 g/mol. The van der Waals surface area contributed by atoms with E-state index in [1.807, 2.05) is 54.3 Å². The Morgan fingerprint density at radius 1 is 0.921 bits per heavy atom. The molecule has 0 aliphatic heterocycles. The predicted molar refractivity (Wildman–Crippen MR) is 154 cm³/mol. The molecule has 3 rings (SSSR count). The zero-order chi connectivity index (χ0) is 27.5. The molecule has 0 atom stereocenters. The Kier molecular flexibility index (Phi) is 11.0. The zero-order valence-corrected chi connectivity index (χ0v) is 23.9. The summed E-state index contributed by atoms with van der Waals surface area (Å²) < 4.78 is 10.8. The summed E-state index contributed by atoms with van der Waals surface area (Å²) in [4.78, 5) is 32.6. The molecule has 7 nitrogen and oxygen atoms in total. The Bertz CT molecular complexity index is 1210. The van der Waals surface area contributed by atoms with Gasteiger partial charge in [0.15, 0.2) is 11.5 Å². The van der Waals surface area contributed by atoms with Gasteiger partial charge in [0.1, 0.15) is 6.54 Å². The van der Waals surface area contributed by atoms with Gasteiger partial charge in [-0.25, -0.2) is 4.79 Å². The number of carbonyl (C=O) groups is 2. The number of benzene rings is 2. The van der Waals surface area contributed by atoms with Gasteiger partial charge in [-0.3, -0.25) is 4.79 Å². The van der Waals surface area contributed by atoms with Crippen LogP contribution in [-0.4, -0.2) is 55.6 Å². The minimum Gasteiger partial charge on any atom is -0.493 e. The number of aryl methyl sites for hydroxylation is 2. The molecule has 2 aromatic carbocycles. The first-order valence-electron chi connectivity index (χ1n) is 13.0. The van der Waals surface area contributed by atoms with E-state index >= 15 is 0 Å². The van der Waals surface area contributed by atoms with Gasteiger partial charge in [0.2, 0.25) is 5.91 Å². The molecule has 8 heteroatoms. The lowest BCUT2D eigenvalue weighted by Crippen LogP contribution is -2.45. The van der Waals surface area contributed by atoms with Gasteiger partial charge in [0.05, 0.1) is 20.8 Å². The van der Waals surface area contributed by atoms with Crippen molar-refractivity contribution in [3.8, 4) is 11.5 Å². The van der Waals surface area contributed by atoms with E-state index in [1.165, 1.54) is 4.88 Å². The summed E-state index contributed by atoms with van der Waals surface area (Å²) in [5.41, 5.74) is 2.83. The minimum atomic E-state index is -0.260. The molecule has 0 spiro atoms. The van der Waals surface area contributed by atoms with Crippen molar-refractivity contribution >= 4 is 29.0 Å². The number of unbranched alkanes of at least 4 members (excludes halogenated alkanes) is 1. The van der Waals surface area contributed by atoms with E-state index in [-0.39, 0.29) is 18.5 Å². The van der Waals surface area contributed by atoms with Gasteiger partial charge >= 0.3 is 6.03 Å². The molecule has 0 saturated heterocycles. The zero-order valence-electron chi connectivity index (χ0n) is 23.1. The van der Waals surface area contributed by atoms with E-state index < -0.39 is 0 Å². The molecular weight excluding hydrogens is 498 g/mol. The molecule has 0 aliphatic carbocycles. The number of nitrogens with one attached hydrogen (secondary N) is 1. The predicted octanol–water partition coefficient (Wildman–Crippen LogP) is 6.29. The normalized spacial score (nSPS) is 10.7. The third kappa shape index (κ3) is 8.52. The van der Waals surface area contributed by atoms with E-state index in [2.05, 4.69) is 31.3 Å². The van der Waals surface area contributed by atoms with E-state index in [9.17, 15) is 9.59 Å². The topological polar surface area (TPSA) is 71.1 Å². The number of ether oxygens (including phenoxy) is 2. The first kappa shape index (κ1) is 29.0. The third-order valence-corrected chi connectivity index (χ3v) is 7.26. The molecule has 38 heavy (non-hydrogen) atoms. The summed E-state index contributed by atoms with van der Waals surface area (Å²) >= 11 is 1.69. The van der Waals surface area contributed by atoms with Crippen LogP contribution in [0.25, 0.3) is 0 Å². The van der Waals surface area contributed by atoms with Crippen LogP contribution in [0, 0.1) is 13.8 Å². The van der Waals surface area contributed by atoms with Crippen LogP contribution in [0.5, 0.6) is 11.5 Å². The number of anilines is 1. The second-order valence-electron chi connectivity index (χ2n) is 9.34. The fraction of sp³-hybridized carbons (Fsp3) is 0.400. The Morgan fingerprint density at radius 2 is 1.71 bits per heavy atom. The Labute approximate surface area is 230 Å². The molecule has 0 fully saturated rings. The molecule has 1 heterocycles. The van der Waals surface area contributed by atoms with Crippen molar-refractivity contribution in [1.82, 2.24) is 9.80 Å². The lowest BCUT2D eigenvalue weighted by atomic mass is 10.1. The second-order valence-corrected chi connectivity index (χ2v) is 10.7. The Morgan fingerprint density at radius 3 is 2.37 bits per heavy atom.